The highest BCUT2D eigenvalue weighted by Crippen LogP contribution is 2.33. The zero-order valence-corrected chi connectivity index (χ0v) is 19.0. The van der Waals surface area contributed by atoms with Gasteiger partial charge in [0, 0.05) is 41.1 Å². The van der Waals surface area contributed by atoms with Crippen molar-refractivity contribution in [3.8, 4) is 11.1 Å². The summed E-state index contributed by atoms with van der Waals surface area (Å²) in [4.78, 5) is 30.1. The average molecular weight is 465 g/mol. The minimum atomic E-state index is -4.55. The van der Waals surface area contributed by atoms with Gasteiger partial charge in [0.25, 0.3) is 11.5 Å². The minimum Gasteiger partial charge on any atom is -0.322 e. The summed E-state index contributed by atoms with van der Waals surface area (Å²) in [6.07, 6.45) is -2.86. The van der Waals surface area contributed by atoms with Gasteiger partial charge in [-0.3, -0.25) is 14.6 Å². The molecular weight excluding hydrogens is 443 g/mol. The van der Waals surface area contributed by atoms with Crippen LogP contribution in [-0.4, -0.2) is 15.5 Å². The molecule has 0 aliphatic rings. The highest BCUT2D eigenvalue weighted by Gasteiger charge is 2.33. The molecule has 174 valence electrons. The molecule has 2 aromatic carbocycles. The first-order valence-electron chi connectivity index (χ1n) is 10.5. The number of carbonyl (C=O) groups is 1. The molecule has 5 nitrogen and oxygen atoms in total. The molecule has 2 aromatic heterocycles. The molecule has 0 saturated carbocycles. The van der Waals surface area contributed by atoms with Gasteiger partial charge < -0.3 is 9.88 Å². The smallest absolute Gasteiger partial charge is 0.322 e. The Kier molecular flexibility index (Phi) is 5.77. The Morgan fingerprint density at radius 3 is 2.35 bits per heavy atom. The van der Waals surface area contributed by atoms with Crippen LogP contribution in [0.4, 0.5) is 18.9 Å². The number of carbonyl (C=O) groups excluding carboxylic acids is 1. The fourth-order valence-electron chi connectivity index (χ4n) is 3.92. The van der Waals surface area contributed by atoms with E-state index in [1.165, 1.54) is 19.1 Å². The maximum atomic E-state index is 13.2. The molecule has 0 bridgehead atoms. The fraction of sp³-hybridized carbons (Fsp3) is 0.192. The Labute approximate surface area is 193 Å². The average Bonchev–Trinajstić information content (AvgIpc) is 2.77. The molecule has 4 aromatic rings. The molecule has 0 aliphatic carbocycles. The third-order valence-electron chi connectivity index (χ3n) is 5.84. The van der Waals surface area contributed by atoms with Crippen LogP contribution in [0, 0.1) is 20.8 Å². The van der Waals surface area contributed by atoms with E-state index >= 15 is 0 Å². The number of aryl methyl sites for hydroxylation is 4. The number of aromatic nitrogens is 2. The lowest BCUT2D eigenvalue weighted by molar-refractivity contribution is -0.138. The van der Waals surface area contributed by atoms with Crippen molar-refractivity contribution in [2.24, 2.45) is 7.05 Å². The number of halogens is 3. The Bertz CT molecular complexity index is 1500. The van der Waals surface area contributed by atoms with E-state index < -0.39 is 17.6 Å². The van der Waals surface area contributed by atoms with Gasteiger partial charge in [-0.1, -0.05) is 12.1 Å². The van der Waals surface area contributed by atoms with E-state index in [1.54, 1.807) is 42.1 Å². The minimum absolute atomic E-state index is 0.0403. The molecule has 1 N–H and O–H groups in total. The number of alkyl halides is 3. The highest BCUT2D eigenvalue weighted by atomic mass is 19.4. The van der Waals surface area contributed by atoms with E-state index in [1.807, 2.05) is 19.9 Å². The number of pyridine rings is 2. The molecule has 0 fully saturated rings. The second-order valence-electron chi connectivity index (χ2n) is 8.32. The summed E-state index contributed by atoms with van der Waals surface area (Å²) in [5.41, 5.74) is 2.63. The lowest BCUT2D eigenvalue weighted by Gasteiger charge is -2.14. The summed E-state index contributed by atoms with van der Waals surface area (Å²) in [5, 5.41) is 3.43. The van der Waals surface area contributed by atoms with Gasteiger partial charge in [-0.05, 0) is 73.9 Å². The van der Waals surface area contributed by atoms with Crippen LogP contribution in [0.5, 0.6) is 0 Å². The first-order chi connectivity index (χ1) is 16.0. The van der Waals surface area contributed by atoms with E-state index in [-0.39, 0.29) is 16.7 Å². The van der Waals surface area contributed by atoms with E-state index in [0.717, 1.165) is 28.2 Å². The molecular formula is C26H22F3N3O2. The molecule has 4 rings (SSSR count). The Morgan fingerprint density at radius 2 is 1.65 bits per heavy atom. The predicted octanol–water partition coefficient (Wildman–Crippen LogP) is 5.80. The summed E-state index contributed by atoms with van der Waals surface area (Å²) in [5.74, 6) is -0.675. The molecule has 2 heterocycles. The normalized spacial score (nSPS) is 11.6. The van der Waals surface area contributed by atoms with Crippen LogP contribution in [0.15, 0.2) is 59.5 Å². The monoisotopic (exact) mass is 465 g/mol. The zero-order chi connectivity index (χ0) is 24.8. The standard InChI is InChI=1S/C26H22F3N3O2/c1-14-6-8-19(31-24(33)17-7-5-15(2)22(11-17)26(27,28)29)12-20(14)21-10-18-13-30-16(3)9-23(18)32(4)25(21)34/h5-13H,1-4H3,(H,31,33). The van der Waals surface area contributed by atoms with E-state index in [4.69, 9.17) is 0 Å². The summed E-state index contributed by atoms with van der Waals surface area (Å²) in [6.45, 7) is 5.03. The van der Waals surface area contributed by atoms with Gasteiger partial charge in [0.05, 0.1) is 11.1 Å². The molecule has 8 heteroatoms. The predicted molar refractivity (Wildman–Crippen MR) is 126 cm³/mol. The zero-order valence-electron chi connectivity index (χ0n) is 19.0. The molecule has 34 heavy (non-hydrogen) atoms. The third-order valence-corrected chi connectivity index (χ3v) is 5.84. The molecule has 0 atom stereocenters. The number of rotatable bonds is 3. The maximum absolute atomic E-state index is 13.2. The van der Waals surface area contributed by atoms with Crippen molar-refractivity contribution in [1.29, 1.82) is 0 Å². The van der Waals surface area contributed by atoms with Gasteiger partial charge in [-0.25, -0.2) is 0 Å². The van der Waals surface area contributed by atoms with Crippen molar-refractivity contribution in [3.05, 3.63) is 93.0 Å². The van der Waals surface area contributed by atoms with Gasteiger partial charge in [0.1, 0.15) is 0 Å². The first kappa shape index (κ1) is 23.2. The molecule has 0 unspecified atom stereocenters. The van der Waals surface area contributed by atoms with Crippen molar-refractivity contribution in [2.75, 3.05) is 5.32 Å². The lowest BCUT2D eigenvalue weighted by atomic mass is 9.99. The molecule has 1 amide bonds. The lowest BCUT2D eigenvalue weighted by Crippen LogP contribution is -2.19. The number of nitrogens with zero attached hydrogens (tertiary/aromatic N) is 2. The number of fused-ring (bicyclic) bond motifs is 1. The van der Waals surface area contributed by atoms with Crippen LogP contribution in [0.1, 0.15) is 32.7 Å². The van der Waals surface area contributed by atoms with Crippen molar-refractivity contribution >= 4 is 22.5 Å². The molecule has 0 spiro atoms. The summed E-state index contributed by atoms with van der Waals surface area (Å²) < 4.78 is 41.3. The summed E-state index contributed by atoms with van der Waals surface area (Å²) in [6, 6.07) is 12.1. The van der Waals surface area contributed by atoms with E-state index in [2.05, 4.69) is 10.3 Å². The van der Waals surface area contributed by atoms with Crippen molar-refractivity contribution in [3.63, 3.8) is 0 Å². The second kappa shape index (κ2) is 8.44. The quantitative estimate of drug-likeness (QED) is 0.416. The summed E-state index contributed by atoms with van der Waals surface area (Å²) in [7, 11) is 1.68. The van der Waals surface area contributed by atoms with Crippen LogP contribution < -0.4 is 10.9 Å². The number of anilines is 1. The van der Waals surface area contributed by atoms with Gasteiger partial charge in [-0.15, -0.1) is 0 Å². The molecule has 0 radical (unpaired) electrons. The number of nitrogens with one attached hydrogen (secondary N) is 1. The maximum Gasteiger partial charge on any atom is 0.416 e. The van der Waals surface area contributed by atoms with Crippen molar-refractivity contribution in [2.45, 2.75) is 26.9 Å². The fourth-order valence-corrected chi connectivity index (χ4v) is 3.92. The van der Waals surface area contributed by atoms with Crippen LogP contribution in [0.2, 0.25) is 0 Å². The molecule has 0 aliphatic heterocycles. The number of hydrogen-bond donors (Lipinski definition) is 1. The Balaban J connectivity index is 1.73. The number of amides is 1. The highest BCUT2D eigenvalue weighted by molar-refractivity contribution is 6.04. The topological polar surface area (TPSA) is 64.0 Å². The van der Waals surface area contributed by atoms with Gasteiger partial charge in [-0.2, -0.15) is 13.2 Å². The molecule has 0 saturated heterocycles. The van der Waals surface area contributed by atoms with E-state index in [9.17, 15) is 22.8 Å². The van der Waals surface area contributed by atoms with Crippen LogP contribution >= 0.6 is 0 Å². The second-order valence-corrected chi connectivity index (χ2v) is 8.32. The van der Waals surface area contributed by atoms with Gasteiger partial charge >= 0.3 is 6.18 Å². The van der Waals surface area contributed by atoms with E-state index in [0.29, 0.717) is 16.8 Å². The summed E-state index contributed by atoms with van der Waals surface area (Å²) >= 11 is 0. The Morgan fingerprint density at radius 1 is 0.941 bits per heavy atom. The SMILES string of the molecule is Cc1cc2c(cn1)cc(-c1cc(NC(=O)c3ccc(C)c(C(F)(F)F)c3)ccc1C)c(=O)n2C. The van der Waals surface area contributed by atoms with Crippen LogP contribution in [0.25, 0.3) is 22.0 Å². The van der Waals surface area contributed by atoms with Gasteiger partial charge in [0.2, 0.25) is 0 Å². The number of benzene rings is 2. The van der Waals surface area contributed by atoms with Crippen LogP contribution in [0.3, 0.4) is 0 Å². The third kappa shape index (κ3) is 4.31. The number of hydrogen-bond acceptors (Lipinski definition) is 3. The largest absolute Gasteiger partial charge is 0.416 e. The van der Waals surface area contributed by atoms with Crippen molar-refractivity contribution < 1.29 is 18.0 Å². The van der Waals surface area contributed by atoms with Crippen LogP contribution in [-0.2, 0) is 13.2 Å². The first-order valence-corrected chi connectivity index (χ1v) is 10.5. The Hall–Kier alpha value is -3.94. The van der Waals surface area contributed by atoms with Crippen molar-refractivity contribution in [1.82, 2.24) is 9.55 Å². The van der Waals surface area contributed by atoms with Gasteiger partial charge in [0.15, 0.2) is 0 Å².